The van der Waals surface area contributed by atoms with E-state index in [1.807, 2.05) is 42.5 Å². The van der Waals surface area contributed by atoms with Gasteiger partial charge in [-0.1, -0.05) is 54.3 Å². The van der Waals surface area contributed by atoms with E-state index in [0.29, 0.717) is 17.7 Å². The van der Waals surface area contributed by atoms with E-state index in [1.54, 1.807) is 37.3 Å². The average Bonchev–Trinajstić information content (AvgIpc) is 2.73. The first kappa shape index (κ1) is 18.2. The summed E-state index contributed by atoms with van der Waals surface area (Å²) in [4.78, 5) is 23.6. The van der Waals surface area contributed by atoms with E-state index in [0.717, 1.165) is 28.5 Å². The lowest BCUT2D eigenvalue weighted by Crippen LogP contribution is -2.05. The van der Waals surface area contributed by atoms with Gasteiger partial charge in [0.25, 0.3) is 0 Å². The van der Waals surface area contributed by atoms with Crippen molar-refractivity contribution in [2.45, 2.75) is 6.92 Å². The van der Waals surface area contributed by atoms with Gasteiger partial charge in [0.15, 0.2) is 6.29 Å². The van der Waals surface area contributed by atoms with Gasteiger partial charge >= 0.3 is 5.97 Å². The van der Waals surface area contributed by atoms with Crippen LogP contribution in [0.3, 0.4) is 0 Å². The van der Waals surface area contributed by atoms with E-state index in [4.69, 9.17) is 4.74 Å². The van der Waals surface area contributed by atoms with Gasteiger partial charge in [0, 0.05) is 16.7 Å². The highest BCUT2D eigenvalue weighted by molar-refractivity contribution is 5.94. The minimum Gasteiger partial charge on any atom is -0.462 e. The van der Waals surface area contributed by atoms with Crippen molar-refractivity contribution in [3.63, 3.8) is 0 Å². The first-order valence-corrected chi connectivity index (χ1v) is 8.65. The molecule has 132 valence electrons. The van der Waals surface area contributed by atoms with Gasteiger partial charge in [-0.05, 0) is 48.4 Å². The van der Waals surface area contributed by atoms with Crippen LogP contribution in [0.5, 0.6) is 0 Å². The number of hydrogen-bond acceptors (Lipinski definition) is 3. The quantitative estimate of drug-likeness (QED) is 0.386. The van der Waals surface area contributed by atoms with E-state index in [-0.39, 0.29) is 0 Å². The zero-order chi connectivity index (χ0) is 19.1. The monoisotopic (exact) mass is 354 g/mol. The fourth-order valence-corrected chi connectivity index (χ4v) is 2.72. The Kier molecular flexibility index (Phi) is 5.81. The van der Waals surface area contributed by atoms with Crippen LogP contribution in [-0.4, -0.2) is 18.9 Å². The van der Waals surface area contributed by atoms with E-state index >= 15 is 0 Å². The Hall–Kier alpha value is -3.64. The summed E-state index contributed by atoms with van der Waals surface area (Å²) in [6.07, 6.45) is 0.806. The first-order chi connectivity index (χ1) is 13.2. The van der Waals surface area contributed by atoms with Crippen molar-refractivity contribution in [1.29, 1.82) is 0 Å². The maximum atomic E-state index is 12.1. The third-order valence-electron chi connectivity index (χ3n) is 4.02. The largest absolute Gasteiger partial charge is 0.462 e. The van der Waals surface area contributed by atoms with Gasteiger partial charge in [0.05, 0.1) is 12.2 Å². The van der Waals surface area contributed by atoms with E-state index in [1.165, 1.54) is 0 Å². The van der Waals surface area contributed by atoms with E-state index in [9.17, 15) is 9.59 Å². The van der Waals surface area contributed by atoms with Crippen LogP contribution in [0.2, 0.25) is 0 Å². The molecule has 27 heavy (non-hydrogen) atoms. The molecule has 0 saturated carbocycles. The van der Waals surface area contributed by atoms with Crippen LogP contribution in [0.1, 0.15) is 38.8 Å². The molecule has 0 bridgehead atoms. The van der Waals surface area contributed by atoms with Gasteiger partial charge in [-0.3, -0.25) is 4.79 Å². The lowest BCUT2D eigenvalue weighted by atomic mass is 9.94. The molecule has 0 N–H and O–H groups in total. The van der Waals surface area contributed by atoms with Crippen molar-refractivity contribution < 1.29 is 14.3 Å². The van der Waals surface area contributed by atoms with Gasteiger partial charge in [-0.25, -0.2) is 4.79 Å². The van der Waals surface area contributed by atoms with Gasteiger partial charge in [-0.15, -0.1) is 0 Å². The van der Waals surface area contributed by atoms with Crippen molar-refractivity contribution in [3.05, 3.63) is 95.1 Å². The summed E-state index contributed by atoms with van der Waals surface area (Å²) < 4.78 is 5.10. The number of carbonyl (C=O) groups is 2. The summed E-state index contributed by atoms with van der Waals surface area (Å²) >= 11 is 0. The summed E-state index contributed by atoms with van der Waals surface area (Å²) in [5.74, 6) is 5.89. The van der Waals surface area contributed by atoms with Gasteiger partial charge in [0.2, 0.25) is 0 Å². The summed E-state index contributed by atoms with van der Waals surface area (Å²) in [5, 5.41) is 0. The lowest BCUT2D eigenvalue weighted by Gasteiger charge is -2.10. The second-order valence-electron chi connectivity index (χ2n) is 5.80. The molecular weight excluding hydrogens is 336 g/mol. The molecule has 0 aromatic heterocycles. The predicted molar refractivity (Wildman–Crippen MR) is 106 cm³/mol. The molecular formula is C24H18O3. The summed E-state index contributed by atoms with van der Waals surface area (Å²) in [5.41, 5.74) is 4.06. The standard InChI is InChI=1S/C24H18O3/c1-2-27-24(26)20-15-14-19(13-12-18-8-4-3-5-9-18)23(16-20)22-11-7-6-10-21(22)17-25/h3-11,14-17H,2H2,1H3. The van der Waals surface area contributed by atoms with Gasteiger partial charge in [0.1, 0.15) is 0 Å². The molecule has 3 aromatic carbocycles. The molecule has 0 aliphatic rings. The lowest BCUT2D eigenvalue weighted by molar-refractivity contribution is 0.0526. The Balaban J connectivity index is 2.14. The fourth-order valence-electron chi connectivity index (χ4n) is 2.72. The summed E-state index contributed by atoms with van der Waals surface area (Å²) in [6.45, 7) is 2.06. The number of hydrogen-bond donors (Lipinski definition) is 0. The Morgan fingerprint density at radius 2 is 1.67 bits per heavy atom. The topological polar surface area (TPSA) is 43.4 Å². The zero-order valence-corrected chi connectivity index (χ0v) is 14.9. The van der Waals surface area contributed by atoms with E-state index < -0.39 is 5.97 Å². The summed E-state index contributed by atoms with van der Waals surface area (Å²) in [6, 6.07) is 22.1. The fraction of sp³-hybridized carbons (Fsp3) is 0.0833. The molecule has 0 radical (unpaired) electrons. The third kappa shape index (κ3) is 4.31. The molecule has 0 aliphatic carbocycles. The Bertz CT molecular complexity index is 1020. The molecule has 3 aromatic rings. The van der Waals surface area contributed by atoms with Crippen LogP contribution in [0, 0.1) is 11.8 Å². The Labute approximate surface area is 158 Å². The molecule has 0 aliphatic heterocycles. The van der Waals surface area contributed by atoms with Gasteiger partial charge < -0.3 is 4.74 Å². The zero-order valence-electron chi connectivity index (χ0n) is 14.9. The normalized spacial score (nSPS) is 9.81. The van der Waals surface area contributed by atoms with Crippen LogP contribution < -0.4 is 0 Å². The van der Waals surface area contributed by atoms with Crippen molar-refractivity contribution in [3.8, 4) is 23.0 Å². The van der Waals surface area contributed by atoms with Crippen LogP contribution in [0.4, 0.5) is 0 Å². The predicted octanol–water partition coefficient (Wildman–Crippen LogP) is 4.74. The van der Waals surface area contributed by atoms with Crippen molar-refractivity contribution in [1.82, 2.24) is 0 Å². The van der Waals surface area contributed by atoms with Gasteiger partial charge in [-0.2, -0.15) is 0 Å². The molecule has 3 rings (SSSR count). The van der Waals surface area contributed by atoms with Crippen LogP contribution in [-0.2, 0) is 4.74 Å². The Morgan fingerprint density at radius 3 is 2.41 bits per heavy atom. The molecule has 0 atom stereocenters. The maximum absolute atomic E-state index is 12.1. The molecule has 0 spiro atoms. The molecule has 3 heteroatoms. The second kappa shape index (κ2) is 8.64. The molecule has 0 saturated heterocycles. The van der Waals surface area contributed by atoms with Crippen LogP contribution >= 0.6 is 0 Å². The number of esters is 1. The summed E-state index contributed by atoms with van der Waals surface area (Å²) in [7, 11) is 0. The smallest absolute Gasteiger partial charge is 0.338 e. The molecule has 3 nitrogen and oxygen atoms in total. The number of carbonyl (C=O) groups excluding carboxylic acids is 2. The molecule has 0 unspecified atom stereocenters. The number of aldehydes is 1. The SMILES string of the molecule is CCOC(=O)c1ccc(C#Cc2ccccc2)c(-c2ccccc2C=O)c1. The third-order valence-corrected chi connectivity index (χ3v) is 4.02. The van der Waals surface area contributed by atoms with Crippen molar-refractivity contribution >= 4 is 12.3 Å². The highest BCUT2D eigenvalue weighted by Gasteiger charge is 2.13. The Morgan fingerprint density at radius 1 is 0.926 bits per heavy atom. The van der Waals surface area contributed by atoms with Crippen molar-refractivity contribution in [2.24, 2.45) is 0 Å². The van der Waals surface area contributed by atoms with Crippen molar-refractivity contribution in [2.75, 3.05) is 6.61 Å². The minimum absolute atomic E-state index is 0.300. The maximum Gasteiger partial charge on any atom is 0.338 e. The first-order valence-electron chi connectivity index (χ1n) is 8.65. The highest BCUT2D eigenvalue weighted by Crippen LogP contribution is 2.27. The molecule has 0 heterocycles. The number of benzene rings is 3. The molecule has 0 amide bonds. The average molecular weight is 354 g/mol. The highest BCUT2D eigenvalue weighted by atomic mass is 16.5. The second-order valence-corrected chi connectivity index (χ2v) is 5.80. The molecule has 0 fully saturated rings. The van der Waals surface area contributed by atoms with E-state index in [2.05, 4.69) is 11.8 Å². The number of rotatable bonds is 4. The minimum atomic E-state index is -0.398. The van der Waals surface area contributed by atoms with Crippen LogP contribution in [0.15, 0.2) is 72.8 Å². The van der Waals surface area contributed by atoms with Crippen LogP contribution in [0.25, 0.3) is 11.1 Å². The number of ether oxygens (including phenoxy) is 1.